The van der Waals surface area contributed by atoms with E-state index in [1.165, 1.54) is 6.07 Å². The molecule has 3 heterocycles. The Bertz CT molecular complexity index is 1050. The lowest BCUT2D eigenvalue weighted by Gasteiger charge is -2.43. The first-order chi connectivity index (χ1) is 13.8. The molecule has 2 amide bonds. The van der Waals surface area contributed by atoms with E-state index in [1.807, 2.05) is 13.8 Å². The van der Waals surface area contributed by atoms with Crippen molar-refractivity contribution in [1.82, 2.24) is 0 Å². The van der Waals surface area contributed by atoms with E-state index in [0.717, 1.165) is 12.1 Å². The van der Waals surface area contributed by atoms with Gasteiger partial charge in [0.25, 0.3) is 5.91 Å². The lowest BCUT2D eigenvalue weighted by atomic mass is 9.56. The summed E-state index contributed by atoms with van der Waals surface area (Å²) in [7, 11) is 0. The highest BCUT2D eigenvalue weighted by molar-refractivity contribution is 6.27. The SMILES string of the molecule is C[C@@H]1[C@H](C)C2(C)OC1(C)[C@]1(N=N)C(=O)N(c3ccc(C#N)c(C(F)(F)F)c3)C(=O)C21. The summed E-state index contributed by atoms with van der Waals surface area (Å²) in [4.78, 5) is 27.6. The second kappa shape index (κ2) is 5.66. The van der Waals surface area contributed by atoms with Crippen LogP contribution in [-0.4, -0.2) is 28.6 Å². The van der Waals surface area contributed by atoms with Gasteiger partial charge in [-0.3, -0.25) is 9.59 Å². The van der Waals surface area contributed by atoms with Gasteiger partial charge in [0, 0.05) is 0 Å². The minimum atomic E-state index is -4.84. The van der Waals surface area contributed by atoms with Crippen molar-refractivity contribution in [2.45, 2.75) is 50.6 Å². The molecule has 30 heavy (non-hydrogen) atoms. The number of rotatable bonds is 2. The fourth-order valence-corrected chi connectivity index (χ4v) is 5.69. The first-order valence-electron chi connectivity index (χ1n) is 9.39. The van der Waals surface area contributed by atoms with E-state index >= 15 is 0 Å². The van der Waals surface area contributed by atoms with Gasteiger partial charge in [-0.25, -0.2) is 10.4 Å². The molecular formula is C20H19F3N4O3. The van der Waals surface area contributed by atoms with Crippen LogP contribution in [0, 0.1) is 34.6 Å². The predicted molar refractivity (Wildman–Crippen MR) is 96.2 cm³/mol. The van der Waals surface area contributed by atoms with Crippen LogP contribution in [0.2, 0.25) is 0 Å². The standard InChI is InChI=1S/C20H19F3N4O3/c1-9-10(2)18(4)19(26-25)14(17(9,3)30-18)15(28)27(16(19)29)12-6-5-11(8-24)13(7-12)20(21,22)23/h5-7,9-10,14,25H,1-4H3/t9-,10+,14?,17?,18?,19+/m0/s1. The van der Waals surface area contributed by atoms with Crippen LogP contribution in [0.3, 0.4) is 0 Å². The Morgan fingerprint density at radius 1 is 1.23 bits per heavy atom. The van der Waals surface area contributed by atoms with Crippen LogP contribution in [-0.2, 0) is 20.5 Å². The molecule has 2 bridgehead atoms. The molecule has 3 aliphatic rings. The van der Waals surface area contributed by atoms with E-state index in [9.17, 15) is 22.8 Å². The number of nitrogens with one attached hydrogen (secondary N) is 1. The monoisotopic (exact) mass is 420 g/mol. The molecule has 10 heteroatoms. The smallest absolute Gasteiger partial charge is 0.364 e. The molecule has 1 aromatic carbocycles. The molecule has 1 N–H and O–H groups in total. The molecule has 158 valence electrons. The number of hydrogen-bond donors (Lipinski definition) is 1. The van der Waals surface area contributed by atoms with Crippen LogP contribution in [0.5, 0.6) is 0 Å². The molecule has 3 saturated heterocycles. The molecule has 0 spiro atoms. The zero-order chi connectivity index (χ0) is 22.4. The molecule has 0 aromatic heterocycles. The van der Waals surface area contributed by atoms with Gasteiger partial charge in [-0.15, -0.1) is 0 Å². The highest BCUT2D eigenvalue weighted by Crippen LogP contribution is 2.68. The molecule has 3 aliphatic heterocycles. The molecule has 0 aliphatic carbocycles. The highest BCUT2D eigenvalue weighted by Gasteiger charge is 2.86. The van der Waals surface area contributed by atoms with Crippen molar-refractivity contribution >= 4 is 17.5 Å². The topological polar surface area (TPSA) is 107 Å². The number of fused-ring (bicyclic) bond motifs is 5. The molecule has 1 aromatic rings. The normalized spacial score (nSPS) is 39.9. The van der Waals surface area contributed by atoms with Crippen molar-refractivity contribution in [1.29, 1.82) is 10.8 Å². The van der Waals surface area contributed by atoms with Crippen molar-refractivity contribution in [3.8, 4) is 6.07 Å². The average molecular weight is 420 g/mol. The fraction of sp³-hybridized carbons (Fsp3) is 0.550. The second-order valence-corrected chi connectivity index (χ2v) is 8.60. The minimum Gasteiger partial charge on any atom is -0.364 e. The van der Waals surface area contributed by atoms with Gasteiger partial charge in [0.05, 0.1) is 28.5 Å². The van der Waals surface area contributed by atoms with Gasteiger partial charge in [0.2, 0.25) is 11.4 Å². The molecule has 4 rings (SSSR count). The highest BCUT2D eigenvalue weighted by atomic mass is 19.4. The fourth-order valence-electron chi connectivity index (χ4n) is 5.69. The van der Waals surface area contributed by atoms with Crippen LogP contribution < -0.4 is 4.90 Å². The van der Waals surface area contributed by atoms with Crippen molar-refractivity contribution in [3.05, 3.63) is 29.3 Å². The quantitative estimate of drug-likeness (QED) is 0.582. The van der Waals surface area contributed by atoms with Crippen molar-refractivity contribution in [2.75, 3.05) is 4.90 Å². The third-order valence-corrected chi connectivity index (χ3v) is 7.56. The molecule has 3 unspecified atom stereocenters. The van der Waals surface area contributed by atoms with Crippen LogP contribution in [0.1, 0.15) is 38.8 Å². The number of anilines is 1. The minimum absolute atomic E-state index is 0.147. The Kier molecular flexibility index (Phi) is 3.86. The van der Waals surface area contributed by atoms with Gasteiger partial charge >= 0.3 is 6.18 Å². The first kappa shape index (κ1) is 20.5. The Balaban J connectivity index is 1.92. The maximum atomic E-state index is 13.5. The number of nitriles is 1. The van der Waals surface area contributed by atoms with E-state index in [0.29, 0.717) is 11.0 Å². The number of halogens is 3. The summed E-state index contributed by atoms with van der Waals surface area (Å²) in [6, 6.07) is 4.15. The molecule has 0 saturated carbocycles. The zero-order valence-electron chi connectivity index (χ0n) is 16.7. The Morgan fingerprint density at radius 3 is 2.40 bits per heavy atom. The van der Waals surface area contributed by atoms with Gasteiger partial charge < -0.3 is 4.74 Å². The molecule has 7 nitrogen and oxygen atoms in total. The number of benzene rings is 1. The van der Waals surface area contributed by atoms with Gasteiger partial charge in [-0.05, 0) is 43.9 Å². The van der Waals surface area contributed by atoms with Crippen LogP contribution >= 0.6 is 0 Å². The summed E-state index contributed by atoms with van der Waals surface area (Å²) in [5.74, 6) is -3.13. The first-order valence-corrected chi connectivity index (χ1v) is 9.39. The Hall–Kier alpha value is -2.80. The molecule has 0 radical (unpaired) electrons. The summed E-state index contributed by atoms with van der Waals surface area (Å²) in [5.41, 5.74) is 1.48. The predicted octanol–water partition coefficient (Wildman–Crippen LogP) is 3.67. The number of hydrogen-bond acceptors (Lipinski definition) is 6. The number of carbonyl (C=O) groups excluding carboxylic acids is 2. The molecule has 6 atom stereocenters. The van der Waals surface area contributed by atoms with E-state index < -0.39 is 51.8 Å². The van der Waals surface area contributed by atoms with Crippen molar-refractivity contribution in [3.63, 3.8) is 0 Å². The lowest BCUT2D eigenvalue weighted by molar-refractivity contribution is -0.138. The van der Waals surface area contributed by atoms with Gasteiger partial charge in [-0.2, -0.15) is 23.5 Å². The number of imide groups is 1. The van der Waals surface area contributed by atoms with Crippen LogP contribution in [0.25, 0.3) is 0 Å². The number of alkyl halides is 3. The summed E-state index contributed by atoms with van der Waals surface area (Å²) < 4.78 is 46.4. The summed E-state index contributed by atoms with van der Waals surface area (Å²) >= 11 is 0. The second-order valence-electron chi connectivity index (χ2n) is 8.60. The maximum absolute atomic E-state index is 13.5. The summed E-state index contributed by atoms with van der Waals surface area (Å²) in [5, 5.41) is 12.6. The summed E-state index contributed by atoms with van der Waals surface area (Å²) in [6.45, 7) is 7.05. The third kappa shape index (κ3) is 1.99. The molecule has 3 fully saturated rings. The van der Waals surface area contributed by atoms with E-state index in [-0.39, 0.29) is 17.5 Å². The summed E-state index contributed by atoms with van der Waals surface area (Å²) in [6.07, 6.45) is -4.84. The third-order valence-electron chi connectivity index (χ3n) is 7.56. The van der Waals surface area contributed by atoms with Crippen LogP contribution in [0.4, 0.5) is 18.9 Å². The number of amides is 2. The Morgan fingerprint density at radius 2 is 1.87 bits per heavy atom. The number of carbonyl (C=O) groups is 2. The van der Waals surface area contributed by atoms with Crippen LogP contribution in [0.15, 0.2) is 23.3 Å². The van der Waals surface area contributed by atoms with Gasteiger partial charge in [0.1, 0.15) is 11.5 Å². The van der Waals surface area contributed by atoms with Gasteiger partial charge in [0.15, 0.2) is 0 Å². The lowest BCUT2D eigenvalue weighted by Crippen LogP contribution is -2.62. The van der Waals surface area contributed by atoms with E-state index in [1.54, 1.807) is 13.8 Å². The number of ether oxygens (including phenoxy) is 1. The van der Waals surface area contributed by atoms with E-state index in [4.69, 9.17) is 15.5 Å². The average Bonchev–Trinajstić information content (AvgIpc) is 3.13. The van der Waals surface area contributed by atoms with Gasteiger partial charge in [-0.1, -0.05) is 13.8 Å². The maximum Gasteiger partial charge on any atom is 0.417 e. The van der Waals surface area contributed by atoms with Crippen molar-refractivity contribution < 1.29 is 27.5 Å². The number of nitrogens with zero attached hydrogens (tertiary/aromatic N) is 3. The largest absolute Gasteiger partial charge is 0.417 e. The van der Waals surface area contributed by atoms with E-state index in [2.05, 4.69) is 5.11 Å². The molecular weight excluding hydrogens is 401 g/mol. The zero-order valence-corrected chi connectivity index (χ0v) is 16.7. The van der Waals surface area contributed by atoms with Crippen molar-refractivity contribution in [2.24, 2.45) is 22.9 Å². The Labute approximate surface area is 170 Å².